The lowest BCUT2D eigenvalue weighted by Crippen LogP contribution is -2.22. The smallest absolute Gasteiger partial charge is 0.197 e. The van der Waals surface area contributed by atoms with Gasteiger partial charge in [-0.3, -0.25) is 4.79 Å². The third-order valence-corrected chi connectivity index (χ3v) is 3.12. The fraction of sp³-hybridized carbons (Fsp3) is 0.364. The Bertz CT molecular complexity index is 428. The summed E-state index contributed by atoms with van der Waals surface area (Å²) in [5.74, 6) is -2.32. The molecule has 1 atom stereocenters. The Kier molecular flexibility index (Phi) is 3.35. The molecule has 0 N–H and O–H groups in total. The molecule has 0 amide bonds. The van der Waals surface area contributed by atoms with Crippen LogP contribution >= 0.6 is 15.9 Å². The number of Topliss-reactive ketones (excluding diaryl/α,β-unsaturated/α-hetero) is 1. The van der Waals surface area contributed by atoms with E-state index in [4.69, 9.17) is 4.74 Å². The molecule has 1 fully saturated rings. The highest BCUT2D eigenvalue weighted by Crippen LogP contribution is 2.25. The number of halogens is 3. The largest absolute Gasteiger partial charge is 0.370 e. The molecule has 0 radical (unpaired) electrons. The molecule has 0 aliphatic carbocycles. The molecule has 0 saturated carbocycles. The molecule has 5 heteroatoms. The van der Waals surface area contributed by atoms with E-state index in [0.717, 1.165) is 12.5 Å². The molecule has 86 valence electrons. The number of ketones is 1. The van der Waals surface area contributed by atoms with Gasteiger partial charge in [-0.1, -0.05) is 0 Å². The van der Waals surface area contributed by atoms with Gasteiger partial charge < -0.3 is 4.74 Å². The summed E-state index contributed by atoms with van der Waals surface area (Å²) >= 11 is 2.92. The van der Waals surface area contributed by atoms with Gasteiger partial charge in [0.05, 0.1) is 10.0 Å². The Morgan fingerprint density at radius 3 is 2.81 bits per heavy atom. The third kappa shape index (κ3) is 2.01. The lowest BCUT2D eigenvalue weighted by atomic mass is 10.0. The van der Waals surface area contributed by atoms with Crippen molar-refractivity contribution in [3.8, 4) is 0 Å². The quantitative estimate of drug-likeness (QED) is 0.618. The third-order valence-electron chi connectivity index (χ3n) is 2.51. The van der Waals surface area contributed by atoms with E-state index in [1.165, 1.54) is 6.07 Å². The van der Waals surface area contributed by atoms with Crippen LogP contribution in [-0.4, -0.2) is 18.5 Å². The molecule has 1 heterocycles. The first-order valence-corrected chi connectivity index (χ1v) is 5.70. The molecule has 1 aromatic carbocycles. The van der Waals surface area contributed by atoms with E-state index in [0.29, 0.717) is 13.0 Å². The number of rotatable bonds is 2. The minimum Gasteiger partial charge on any atom is -0.370 e. The van der Waals surface area contributed by atoms with Gasteiger partial charge in [-0.05, 0) is 40.9 Å². The standard InChI is InChI=1S/C11H9BrF2O2/c12-6-3-4-7(13)9(10(6)14)11(15)8-2-1-5-16-8/h3-4,8H,1-2,5H2. The van der Waals surface area contributed by atoms with Gasteiger partial charge in [0, 0.05) is 6.61 Å². The van der Waals surface area contributed by atoms with Crippen LogP contribution in [0.3, 0.4) is 0 Å². The van der Waals surface area contributed by atoms with Crippen LogP contribution in [0.1, 0.15) is 23.2 Å². The predicted octanol–water partition coefficient (Wildman–Crippen LogP) is 3.09. The number of carbonyl (C=O) groups is 1. The molecule has 0 aromatic heterocycles. The second kappa shape index (κ2) is 4.59. The van der Waals surface area contributed by atoms with Crippen molar-refractivity contribution < 1.29 is 18.3 Å². The summed E-state index contributed by atoms with van der Waals surface area (Å²) in [6.07, 6.45) is 0.552. The Labute approximate surface area is 99.7 Å². The normalized spacial score (nSPS) is 20.1. The van der Waals surface area contributed by atoms with E-state index in [1.54, 1.807) is 0 Å². The molecular weight excluding hydrogens is 282 g/mol. The minimum atomic E-state index is -0.861. The van der Waals surface area contributed by atoms with Gasteiger partial charge in [0.1, 0.15) is 11.9 Å². The molecule has 1 aliphatic rings. The van der Waals surface area contributed by atoms with Crippen LogP contribution in [0.15, 0.2) is 16.6 Å². The van der Waals surface area contributed by atoms with Gasteiger partial charge in [-0.2, -0.15) is 0 Å². The highest BCUT2D eigenvalue weighted by atomic mass is 79.9. The van der Waals surface area contributed by atoms with Crippen LogP contribution in [-0.2, 0) is 4.74 Å². The molecule has 2 nitrogen and oxygen atoms in total. The number of ether oxygens (including phenoxy) is 1. The monoisotopic (exact) mass is 290 g/mol. The number of benzene rings is 1. The number of hydrogen-bond donors (Lipinski definition) is 0. The van der Waals surface area contributed by atoms with Crippen molar-refractivity contribution in [1.82, 2.24) is 0 Å². The van der Waals surface area contributed by atoms with Gasteiger partial charge in [-0.15, -0.1) is 0 Å². The van der Waals surface area contributed by atoms with Crippen molar-refractivity contribution in [2.45, 2.75) is 18.9 Å². The number of carbonyl (C=O) groups excluding carboxylic acids is 1. The average molecular weight is 291 g/mol. The molecule has 2 rings (SSSR count). The van der Waals surface area contributed by atoms with E-state index >= 15 is 0 Å². The highest BCUT2D eigenvalue weighted by Gasteiger charge is 2.29. The topological polar surface area (TPSA) is 26.3 Å². The van der Waals surface area contributed by atoms with Crippen molar-refractivity contribution >= 4 is 21.7 Å². The van der Waals surface area contributed by atoms with Crippen molar-refractivity contribution in [3.05, 3.63) is 33.8 Å². The fourth-order valence-electron chi connectivity index (χ4n) is 1.70. The summed E-state index contributed by atoms with van der Waals surface area (Å²) in [5, 5.41) is 0. The molecule has 16 heavy (non-hydrogen) atoms. The zero-order chi connectivity index (χ0) is 11.7. The van der Waals surface area contributed by atoms with Gasteiger partial charge >= 0.3 is 0 Å². The highest BCUT2D eigenvalue weighted by molar-refractivity contribution is 9.10. The summed E-state index contributed by atoms with van der Waals surface area (Å²) in [7, 11) is 0. The van der Waals surface area contributed by atoms with Crippen LogP contribution in [0.5, 0.6) is 0 Å². The van der Waals surface area contributed by atoms with Crippen molar-refractivity contribution in [1.29, 1.82) is 0 Å². The van der Waals surface area contributed by atoms with E-state index in [1.807, 2.05) is 0 Å². The first-order valence-electron chi connectivity index (χ1n) is 4.90. The Morgan fingerprint density at radius 2 is 2.19 bits per heavy atom. The summed E-state index contributed by atoms with van der Waals surface area (Å²) in [6.45, 7) is 0.466. The molecule has 1 aliphatic heterocycles. The fourth-order valence-corrected chi connectivity index (χ4v) is 2.03. The van der Waals surface area contributed by atoms with E-state index in [9.17, 15) is 13.6 Å². The van der Waals surface area contributed by atoms with E-state index < -0.39 is 29.1 Å². The zero-order valence-corrected chi connectivity index (χ0v) is 9.89. The van der Waals surface area contributed by atoms with Crippen LogP contribution in [0.2, 0.25) is 0 Å². The molecule has 0 spiro atoms. The summed E-state index contributed by atoms with van der Waals surface area (Å²) in [6, 6.07) is 2.30. The van der Waals surface area contributed by atoms with Gasteiger partial charge in [0.2, 0.25) is 0 Å². The summed E-state index contributed by atoms with van der Waals surface area (Å²) < 4.78 is 32.2. The maximum atomic E-state index is 13.6. The molecular formula is C11H9BrF2O2. The van der Waals surface area contributed by atoms with Crippen molar-refractivity contribution in [2.24, 2.45) is 0 Å². The SMILES string of the molecule is O=C(c1c(F)ccc(Br)c1F)C1CCCO1. The number of hydrogen-bond acceptors (Lipinski definition) is 2. The van der Waals surface area contributed by atoms with Crippen LogP contribution in [0.4, 0.5) is 8.78 Å². The second-order valence-electron chi connectivity index (χ2n) is 3.58. The molecule has 0 bridgehead atoms. The Morgan fingerprint density at radius 1 is 1.44 bits per heavy atom. The first kappa shape index (κ1) is 11.7. The lowest BCUT2D eigenvalue weighted by molar-refractivity contribution is 0.0634. The van der Waals surface area contributed by atoms with Gasteiger partial charge in [0.25, 0.3) is 0 Å². The Hall–Kier alpha value is -0.810. The first-order chi connectivity index (χ1) is 7.61. The van der Waals surface area contributed by atoms with Gasteiger partial charge in [-0.25, -0.2) is 8.78 Å². The van der Waals surface area contributed by atoms with Crippen LogP contribution in [0.25, 0.3) is 0 Å². The average Bonchev–Trinajstić information content (AvgIpc) is 2.77. The van der Waals surface area contributed by atoms with E-state index in [-0.39, 0.29) is 4.47 Å². The van der Waals surface area contributed by atoms with Crippen LogP contribution in [0, 0.1) is 11.6 Å². The predicted molar refractivity (Wildman–Crippen MR) is 57.4 cm³/mol. The molecule has 1 saturated heterocycles. The lowest BCUT2D eigenvalue weighted by Gasteiger charge is -2.10. The molecule has 1 unspecified atom stereocenters. The summed E-state index contributed by atoms with van der Waals surface area (Å²) in [4.78, 5) is 11.8. The Balaban J connectivity index is 2.39. The van der Waals surface area contributed by atoms with Crippen molar-refractivity contribution in [3.63, 3.8) is 0 Å². The maximum Gasteiger partial charge on any atom is 0.197 e. The van der Waals surface area contributed by atoms with Crippen molar-refractivity contribution in [2.75, 3.05) is 6.61 Å². The van der Waals surface area contributed by atoms with Crippen LogP contribution < -0.4 is 0 Å². The van der Waals surface area contributed by atoms with E-state index in [2.05, 4.69) is 15.9 Å². The maximum absolute atomic E-state index is 13.6. The summed E-state index contributed by atoms with van der Waals surface area (Å²) in [5.41, 5.74) is -0.513. The zero-order valence-electron chi connectivity index (χ0n) is 8.30. The molecule has 1 aromatic rings. The van der Waals surface area contributed by atoms with Gasteiger partial charge in [0.15, 0.2) is 11.6 Å². The second-order valence-corrected chi connectivity index (χ2v) is 4.44. The minimum absolute atomic E-state index is 0.0789.